The number of hydrogen-bond acceptors (Lipinski definition) is 8. The predicted molar refractivity (Wildman–Crippen MR) is 58.2 cm³/mol. The van der Waals surface area contributed by atoms with E-state index < -0.39 is 34.0 Å². The second kappa shape index (κ2) is 7.97. The van der Waals surface area contributed by atoms with Gasteiger partial charge in [-0.1, -0.05) is 12.8 Å². The molecule has 2 atom stereocenters. The van der Waals surface area contributed by atoms with Crippen molar-refractivity contribution in [2.24, 2.45) is 0 Å². The third-order valence-corrected chi connectivity index (χ3v) is 4.23. The summed E-state index contributed by atoms with van der Waals surface area (Å²) in [6.45, 7) is 0. The van der Waals surface area contributed by atoms with Crippen molar-refractivity contribution < 1.29 is 39.6 Å². The molecule has 0 heterocycles. The Hall–Kier alpha value is 0.540. The summed E-state index contributed by atoms with van der Waals surface area (Å²) in [5.41, 5.74) is 0. The molecular weight excluding hydrogens is 286 g/mol. The van der Waals surface area contributed by atoms with E-state index in [0.29, 0.717) is 19.3 Å². The van der Waals surface area contributed by atoms with E-state index in [0.717, 1.165) is 0 Å². The van der Waals surface area contributed by atoms with Crippen LogP contribution in [0, 0.1) is 0 Å². The smallest absolute Gasteiger partial charge is 0.259 e. The molecule has 8 nitrogen and oxygen atoms in total. The average molecular weight is 304 g/mol. The van der Waals surface area contributed by atoms with Crippen LogP contribution in [0.25, 0.3) is 0 Å². The topological polar surface area (TPSA) is 173 Å². The van der Waals surface area contributed by atoms with E-state index in [9.17, 15) is 24.7 Å². The lowest BCUT2D eigenvalue weighted by Gasteiger charge is -2.43. The quantitative estimate of drug-likeness (QED) is 0.251. The van der Waals surface area contributed by atoms with Gasteiger partial charge < -0.3 is 29.8 Å². The number of hydrogen-bond donors (Lipinski definition) is 4. The lowest BCUT2D eigenvalue weighted by Crippen LogP contribution is -2.38. The van der Waals surface area contributed by atoms with Crippen LogP contribution in [0.5, 0.6) is 0 Å². The summed E-state index contributed by atoms with van der Waals surface area (Å²) in [7, 11) is -9.17. The standard InChI is InChI=1S/C8H20O8P2/c9-7(6-17(11,12)13)4-2-1-3-5-8(10)18(14,15)16/h7-10H,1-6H2,(H2,11,12,13)(H2,14,15,16)/p-2. The van der Waals surface area contributed by atoms with Crippen LogP contribution >= 0.6 is 15.9 Å². The molecule has 0 saturated carbocycles. The molecule has 0 aliphatic carbocycles. The van der Waals surface area contributed by atoms with Crippen molar-refractivity contribution in [1.82, 2.24) is 0 Å². The van der Waals surface area contributed by atoms with E-state index in [2.05, 4.69) is 0 Å². The molecular formula is C8H18O8P2-2. The molecule has 0 aromatic carbocycles. The fraction of sp³-hybridized carbons (Fsp3) is 1.00. The minimum Gasteiger partial charge on any atom is -0.688 e. The van der Waals surface area contributed by atoms with Crippen molar-refractivity contribution >= 4 is 15.9 Å². The Balaban J connectivity index is 3.57. The molecule has 10 heteroatoms. The third-order valence-electron chi connectivity index (χ3n) is 2.32. The minimum atomic E-state index is -4.71. The Kier molecular flexibility index (Phi) is 8.21. The summed E-state index contributed by atoms with van der Waals surface area (Å²) in [5.74, 6) is -1.69. The summed E-state index contributed by atoms with van der Waals surface area (Å²) < 4.78 is 0. The number of rotatable bonds is 9. The Morgan fingerprint density at radius 3 is 1.78 bits per heavy atom. The summed E-state index contributed by atoms with van der Waals surface area (Å²) in [6.07, 6.45) is -0.741. The highest BCUT2D eigenvalue weighted by atomic mass is 31.2. The lowest BCUT2D eigenvalue weighted by molar-refractivity contribution is -0.428. The molecule has 0 aromatic heterocycles. The lowest BCUT2D eigenvalue weighted by atomic mass is 10.1. The summed E-state index contributed by atoms with van der Waals surface area (Å²) in [4.78, 5) is 58.7. The van der Waals surface area contributed by atoms with E-state index in [1.54, 1.807) is 0 Å². The van der Waals surface area contributed by atoms with Gasteiger partial charge in [0.25, 0.3) is 7.94 Å². The fourth-order valence-electron chi connectivity index (χ4n) is 1.40. The molecule has 0 radical (unpaired) electrons. The van der Waals surface area contributed by atoms with Gasteiger partial charge in [0.05, 0.1) is 12.3 Å². The van der Waals surface area contributed by atoms with E-state index in [-0.39, 0.29) is 12.8 Å². The zero-order valence-electron chi connectivity index (χ0n) is 9.71. The van der Waals surface area contributed by atoms with Crippen LogP contribution in [0.1, 0.15) is 32.1 Å². The second-order valence-corrected chi connectivity index (χ2v) is 7.52. The third kappa shape index (κ3) is 10.5. The SMILES string of the molecule is [O-][P+]([O-])([O-])CC(O)CCCCCC(O)[P+]([O-])(O)O. The molecule has 0 aromatic rings. The molecule has 2 unspecified atom stereocenters. The van der Waals surface area contributed by atoms with Gasteiger partial charge in [0.2, 0.25) is 5.85 Å². The monoisotopic (exact) mass is 304 g/mol. The van der Waals surface area contributed by atoms with Crippen molar-refractivity contribution in [3.8, 4) is 0 Å². The number of aliphatic hydroxyl groups is 2. The van der Waals surface area contributed by atoms with Crippen molar-refractivity contribution in [1.29, 1.82) is 0 Å². The van der Waals surface area contributed by atoms with Gasteiger partial charge in [-0.3, -0.25) is 0 Å². The first kappa shape index (κ1) is 18.5. The number of aliphatic hydroxyl groups excluding tert-OH is 2. The maximum atomic E-state index is 10.6. The van der Waals surface area contributed by atoms with Crippen molar-refractivity contribution in [2.75, 3.05) is 6.16 Å². The first-order valence-electron chi connectivity index (χ1n) is 5.45. The predicted octanol–water partition coefficient (Wildman–Crippen LogP) is -3.43. The van der Waals surface area contributed by atoms with Gasteiger partial charge in [-0.15, -0.1) is 0 Å². The van der Waals surface area contributed by atoms with Gasteiger partial charge in [-0.2, -0.15) is 7.94 Å². The summed E-state index contributed by atoms with van der Waals surface area (Å²) in [5, 5.41) is 18.2. The fourth-order valence-corrected chi connectivity index (χ4v) is 2.62. The van der Waals surface area contributed by atoms with E-state index in [1.807, 2.05) is 0 Å². The van der Waals surface area contributed by atoms with Crippen LogP contribution in [0.4, 0.5) is 0 Å². The van der Waals surface area contributed by atoms with Gasteiger partial charge in [0.1, 0.15) is 0 Å². The van der Waals surface area contributed by atoms with Crippen LogP contribution in [0.2, 0.25) is 0 Å². The normalized spacial score (nSPS) is 16.7. The maximum absolute atomic E-state index is 10.6. The van der Waals surface area contributed by atoms with Gasteiger partial charge in [0, 0.05) is 6.42 Å². The molecule has 0 rings (SSSR count). The molecule has 0 fully saturated rings. The zero-order valence-corrected chi connectivity index (χ0v) is 11.5. The van der Waals surface area contributed by atoms with Crippen LogP contribution in [-0.4, -0.2) is 38.1 Å². The highest BCUT2D eigenvalue weighted by molar-refractivity contribution is 7.57. The molecule has 4 N–H and O–H groups in total. The van der Waals surface area contributed by atoms with Crippen LogP contribution in [0.3, 0.4) is 0 Å². The summed E-state index contributed by atoms with van der Waals surface area (Å²) in [6, 6.07) is 0. The molecule has 0 bridgehead atoms. The van der Waals surface area contributed by atoms with Crippen LogP contribution in [0.15, 0.2) is 0 Å². The maximum Gasteiger partial charge on any atom is 0.259 e. The summed E-state index contributed by atoms with van der Waals surface area (Å²) >= 11 is 0. The average Bonchev–Trinajstić information content (AvgIpc) is 2.12. The molecule has 110 valence electrons. The Bertz CT molecular complexity index is 226. The van der Waals surface area contributed by atoms with Gasteiger partial charge in [-0.25, -0.2) is 9.79 Å². The first-order chi connectivity index (χ1) is 8.02. The molecule has 0 aliphatic rings. The molecule has 0 aliphatic heterocycles. The molecule has 0 amide bonds. The van der Waals surface area contributed by atoms with E-state index in [1.165, 1.54) is 0 Å². The largest absolute Gasteiger partial charge is 0.688 e. The van der Waals surface area contributed by atoms with Gasteiger partial charge in [-0.05, 0) is 12.8 Å². The van der Waals surface area contributed by atoms with Crippen molar-refractivity contribution in [3.63, 3.8) is 0 Å². The second-order valence-electron chi connectivity index (χ2n) is 4.16. The van der Waals surface area contributed by atoms with E-state index in [4.69, 9.17) is 14.9 Å². The van der Waals surface area contributed by atoms with Crippen molar-refractivity contribution in [3.05, 3.63) is 0 Å². The molecule has 0 spiro atoms. The van der Waals surface area contributed by atoms with Crippen LogP contribution < -0.4 is 19.6 Å². The Morgan fingerprint density at radius 2 is 1.33 bits per heavy atom. The molecule has 18 heavy (non-hydrogen) atoms. The van der Waals surface area contributed by atoms with E-state index >= 15 is 0 Å². The Labute approximate surface area is 106 Å². The minimum absolute atomic E-state index is 0.0675. The van der Waals surface area contributed by atoms with Gasteiger partial charge in [0.15, 0.2) is 0 Å². The number of unbranched alkanes of at least 4 members (excludes halogenated alkanes) is 2. The zero-order chi connectivity index (χ0) is 14.4. The van der Waals surface area contributed by atoms with Crippen LogP contribution in [-0.2, 0) is 0 Å². The van der Waals surface area contributed by atoms with Crippen molar-refractivity contribution in [2.45, 2.75) is 44.1 Å². The molecule has 0 saturated heterocycles. The highest BCUT2D eigenvalue weighted by Gasteiger charge is 2.30. The van der Waals surface area contributed by atoms with Gasteiger partial charge >= 0.3 is 0 Å². The Morgan fingerprint density at radius 1 is 0.833 bits per heavy atom. The first-order valence-corrected chi connectivity index (χ1v) is 8.86. The highest BCUT2D eigenvalue weighted by Crippen LogP contribution is 2.45.